The molecule has 0 radical (unpaired) electrons. The zero-order valence-corrected chi connectivity index (χ0v) is 15.1. The predicted octanol–water partition coefficient (Wildman–Crippen LogP) is 3.88. The fourth-order valence-corrected chi connectivity index (χ4v) is 3.36. The van der Waals surface area contributed by atoms with Gasteiger partial charge in [0.05, 0.1) is 32.4 Å². The van der Waals surface area contributed by atoms with Crippen molar-refractivity contribution in [2.45, 2.75) is 6.92 Å². The minimum atomic E-state index is 0.717. The van der Waals surface area contributed by atoms with E-state index in [1.54, 1.807) is 27.7 Å². The molecular weight excluding hydrogens is 330 g/mol. The smallest absolute Gasteiger partial charge is 0.161 e. The molecule has 0 N–H and O–H groups in total. The van der Waals surface area contributed by atoms with Gasteiger partial charge in [-0.3, -0.25) is 4.40 Å². The summed E-state index contributed by atoms with van der Waals surface area (Å²) in [4.78, 5) is 0. The minimum Gasteiger partial charge on any atom is -0.496 e. The summed E-state index contributed by atoms with van der Waals surface area (Å²) < 4.78 is 18.8. The van der Waals surface area contributed by atoms with Crippen molar-refractivity contribution in [3.8, 4) is 28.4 Å². The lowest BCUT2D eigenvalue weighted by atomic mass is 9.98. The molecule has 4 aromatic rings. The number of fused-ring (bicyclic) bond motifs is 3. The lowest BCUT2D eigenvalue weighted by Gasteiger charge is -2.17. The van der Waals surface area contributed by atoms with Gasteiger partial charge < -0.3 is 14.2 Å². The molecule has 0 atom stereocenters. The third kappa shape index (κ3) is 2.34. The van der Waals surface area contributed by atoms with E-state index in [1.165, 1.54) is 0 Å². The molecule has 132 valence electrons. The summed E-state index contributed by atoms with van der Waals surface area (Å²) in [6, 6.07) is 11.8. The van der Waals surface area contributed by atoms with E-state index in [4.69, 9.17) is 14.2 Å². The first-order chi connectivity index (χ1) is 12.7. The molecule has 26 heavy (non-hydrogen) atoms. The summed E-state index contributed by atoms with van der Waals surface area (Å²) in [5, 5.41) is 9.29. The van der Waals surface area contributed by atoms with Gasteiger partial charge >= 0.3 is 0 Å². The van der Waals surface area contributed by atoms with Crippen LogP contribution >= 0.6 is 0 Å². The average Bonchev–Trinajstić information content (AvgIpc) is 3.14. The van der Waals surface area contributed by atoms with Crippen LogP contribution in [0.2, 0.25) is 0 Å². The Morgan fingerprint density at radius 3 is 2.23 bits per heavy atom. The lowest BCUT2D eigenvalue weighted by molar-refractivity contribution is 0.394. The van der Waals surface area contributed by atoms with Crippen molar-refractivity contribution < 1.29 is 14.2 Å². The van der Waals surface area contributed by atoms with Crippen molar-refractivity contribution >= 4 is 16.6 Å². The van der Waals surface area contributed by atoms with Crippen molar-refractivity contribution in [3.05, 3.63) is 48.3 Å². The van der Waals surface area contributed by atoms with Gasteiger partial charge in [-0.05, 0) is 42.8 Å². The molecule has 0 amide bonds. The van der Waals surface area contributed by atoms with Crippen LogP contribution in [-0.4, -0.2) is 35.9 Å². The molecule has 0 spiro atoms. The Morgan fingerprint density at radius 2 is 1.58 bits per heavy atom. The molecule has 6 heteroatoms. The Labute approximate surface area is 150 Å². The number of ether oxygens (including phenoxy) is 3. The fraction of sp³-hybridized carbons (Fsp3) is 0.200. The van der Waals surface area contributed by atoms with Crippen molar-refractivity contribution in [1.82, 2.24) is 14.6 Å². The van der Waals surface area contributed by atoms with E-state index in [0.29, 0.717) is 0 Å². The Kier molecular flexibility index (Phi) is 3.88. The normalized spacial score (nSPS) is 11.1. The van der Waals surface area contributed by atoms with Crippen LogP contribution in [0.25, 0.3) is 27.7 Å². The van der Waals surface area contributed by atoms with Crippen LogP contribution < -0.4 is 14.2 Å². The van der Waals surface area contributed by atoms with Crippen molar-refractivity contribution in [1.29, 1.82) is 0 Å². The molecule has 0 bridgehead atoms. The highest BCUT2D eigenvalue weighted by Crippen LogP contribution is 2.44. The Bertz CT molecular complexity index is 1100. The Hall–Kier alpha value is -3.28. The van der Waals surface area contributed by atoms with Crippen LogP contribution in [0.4, 0.5) is 0 Å². The third-order valence-electron chi connectivity index (χ3n) is 4.62. The Morgan fingerprint density at radius 1 is 0.885 bits per heavy atom. The zero-order chi connectivity index (χ0) is 18.3. The van der Waals surface area contributed by atoms with Gasteiger partial charge in [0, 0.05) is 10.9 Å². The van der Waals surface area contributed by atoms with Gasteiger partial charge in [-0.25, -0.2) is 0 Å². The maximum Gasteiger partial charge on any atom is 0.161 e. The maximum absolute atomic E-state index is 5.70. The highest BCUT2D eigenvalue weighted by Gasteiger charge is 2.19. The van der Waals surface area contributed by atoms with Crippen LogP contribution in [0.5, 0.6) is 17.2 Å². The van der Waals surface area contributed by atoms with E-state index >= 15 is 0 Å². The summed E-state index contributed by atoms with van der Waals surface area (Å²) in [6.07, 6.45) is 1.72. The molecule has 2 aromatic heterocycles. The van der Waals surface area contributed by atoms with Gasteiger partial charge in [-0.15, -0.1) is 10.2 Å². The van der Waals surface area contributed by atoms with Gasteiger partial charge in [0.1, 0.15) is 23.6 Å². The second kappa shape index (κ2) is 6.22. The van der Waals surface area contributed by atoms with Crippen LogP contribution in [0.15, 0.2) is 42.7 Å². The van der Waals surface area contributed by atoms with Crippen LogP contribution in [0.3, 0.4) is 0 Å². The molecule has 0 aliphatic heterocycles. The Balaban J connectivity index is 2.14. The van der Waals surface area contributed by atoms with Crippen molar-refractivity contribution in [3.63, 3.8) is 0 Å². The van der Waals surface area contributed by atoms with E-state index in [-0.39, 0.29) is 0 Å². The molecule has 0 unspecified atom stereocenters. The molecule has 2 aromatic carbocycles. The zero-order valence-electron chi connectivity index (χ0n) is 15.1. The molecule has 4 rings (SSSR count). The van der Waals surface area contributed by atoms with Gasteiger partial charge in [0.2, 0.25) is 0 Å². The lowest BCUT2D eigenvalue weighted by Crippen LogP contribution is -1.98. The fourth-order valence-electron chi connectivity index (χ4n) is 3.36. The molecule has 0 aliphatic carbocycles. The topological polar surface area (TPSA) is 57.9 Å². The molecular formula is C20H19N3O3. The highest BCUT2D eigenvalue weighted by molar-refractivity contribution is 5.94. The van der Waals surface area contributed by atoms with Gasteiger partial charge in [0.25, 0.3) is 0 Å². The first kappa shape index (κ1) is 16.2. The number of hydrogen-bond acceptors (Lipinski definition) is 5. The molecule has 6 nitrogen and oxygen atoms in total. The number of aryl methyl sites for hydroxylation is 1. The SMILES string of the molecule is COc1cc2c(C)cc3nncn3c2cc1-c1c(OC)cccc1OC. The number of aromatic nitrogens is 3. The van der Waals surface area contributed by atoms with E-state index in [2.05, 4.69) is 23.2 Å². The molecule has 2 heterocycles. The number of hydrogen-bond donors (Lipinski definition) is 0. The number of nitrogens with zero attached hydrogens (tertiary/aromatic N) is 3. The molecule has 0 aliphatic rings. The molecule has 0 saturated carbocycles. The number of pyridine rings is 1. The van der Waals surface area contributed by atoms with Gasteiger partial charge in [-0.2, -0.15) is 0 Å². The summed E-state index contributed by atoms with van der Waals surface area (Å²) in [5.74, 6) is 2.18. The quantitative estimate of drug-likeness (QED) is 0.559. The van der Waals surface area contributed by atoms with E-state index in [9.17, 15) is 0 Å². The highest BCUT2D eigenvalue weighted by atomic mass is 16.5. The van der Waals surface area contributed by atoms with E-state index in [1.807, 2.05) is 34.7 Å². The third-order valence-corrected chi connectivity index (χ3v) is 4.62. The first-order valence-electron chi connectivity index (χ1n) is 8.20. The second-order valence-electron chi connectivity index (χ2n) is 5.99. The standard InChI is InChI=1S/C20H19N3O3/c1-12-8-19-22-21-11-23(19)15-9-14(18(26-4)10-13(12)15)20-16(24-2)6-5-7-17(20)25-3/h5-11H,1-4H3. The molecule has 0 fully saturated rings. The average molecular weight is 349 g/mol. The monoisotopic (exact) mass is 349 g/mol. The summed E-state index contributed by atoms with van der Waals surface area (Å²) in [6.45, 7) is 2.06. The summed E-state index contributed by atoms with van der Waals surface area (Å²) >= 11 is 0. The predicted molar refractivity (Wildman–Crippen MR) is 100 cm³/mol. The van der Waals surface area contributed by atoms with E-state index in [0.717, 1.165) is 50.5 Å². The van der Waals surface area contributed by atoms with Gasteiger partial charge in [0.15, 0.2) is 5.65 Å². The van der Waals surface area contributed by atoms with Crippen molar-refractivity contribution in [2.75, 3.05) is 21.3 Å². The minimum absolute atomic E-state index is 0.717. The first-order valence-corrected chi connectivity index (χ1v) is 8.20. The van der Waals surface area contributed by atoms with Crippen LogP contribution in [0, 0.1) is 6.92 Å². The number of rotatable bonds is 4. The van der Waals surface area contributed by atoms with Crippen LogP contribution in [0.1, 0.15) is 5.56 Å². The molecule has 0 saturated heterocycles. The maximum atomic E-state index is 5.70. The van der Waals surface area contributed by atoms with Crippen molar-refractivity contribution in [2.24, 2.45) is 0 Å². The van der Waals surface area contributed by atoms with Crippen LogP contribution in [-0.2, 0) is 0 Å². The van der Waals surface area contributed by atoms with Gasteiger partial charge in [-0.1, -0.05) is 6.07 Å². The summed E-state index contributed by atoms with van der Waals surface area (Å²) in [7, 11) is 4.96. The number of methoxy groups -OCH3 is 3. The summed E-state index contributed by atoms with van der Waals surface area (Å²) in [5.41, 5.74) is 4.64. The van der Waals surface area contributed by atoms with E-state index < -0.39 is 0 Å². The second-order valence-corrected chi connectivity index (χ2v) is 5.99. The number of benzene rings is 2. The largest absolute Gasteiger partial charge is 0.496 e.